The number of pyridine rings is 1. The summed E-state index contributed by atoms with van der Waals surface area (Å²) in [5.41, 5.74) is 4.92. The molecule has 32 heavy (non-hydrogen) atoms. The molecule has 0 spiro atoms. The first-order chi connectivity index (χ1) is 15.7. The molecule has 7 nitrogen and oxygen atoms in total. The van der Waals surface area contributed by atoms with Crippen molar-refractivity contribution in [1.29, 1.82) is 0 Å². The number of morpholine rings is 1. The number of benzene rings is 1. The monoisotopic (exact) mass is 435 g/mol. The Bertz CT molecular complexity index is 1270. The fourth-order valence-electron chi connectivity index (χ4n) is 5.03. The molecule has 5 heterocycles. The normalized spacial score (nSPS) is 18.2. The number of hydrogen-bond donors (Lipinski definition) is 0. The second-order valence-electron chi connectivity index (χ2n) is 8.73. The van der Waals surface area contributed by atoms with Crippen LogP contribution in [0.3, 0.4) is 0 Å². The standard InChI is InChI=1S/C24H26FN5O2/c1-28-15-20(19-12-17(25)14-26-23(19)28)16-4-6-29(7-5-16)18-2-3-22-21(13-18)27-24(32-22)30-8-10-31-11-9-30/h2-3,12-16H,4-11H2,1H3. The van der Waals surface area contributed by atoms with Crippen molar-refractivity contribution in [3.8, 4) is 0 Å². The van der Waals surface area contributed by atoms with Gasteiger partial charge in [-0.25, -0.2) is 9.37 Å². The summed E-state index contributed by atoms with van der Waals surface area (Å²) in [5.74, 6) is 0.127. The lowest BCUT2D eigenvalue weighted by atomic mass is 9.89. The minimum Gasteiger partial charge on any atom is -0.423 e. The van der Waals surface area contributed by atoms with Gasteiger partial charge in [-0.1, -0.05) is 0 Å². The van der Waals surface area contributed by atoms with Crippen molar-refractivity contribution in [2.75, 3.05) is 49.2 Å². The highest BCUT2D eigenvalue weighted by atomic mass is 19.1. The zero-order valence-corrected chi connectivity index (χ0v) is 18.1. The van der Waals surface area contributed by atoms with Gasteiger partial charge in [0.05, 0.1) is 19.4 Å². The molecule has 0 radical (unpaired) electrons. The SMILES string of the molecule is Cn1cc(C2CCN(c3ccc4oc(N5CCOCC5)nc4c3)CC2)c2cc(F)cnc21. The van der Waals surface area contributed by atoms with Crippen molar-refractivity contribution in [3.05, 3.63) is 48.0 Å². The van der Waals surface area contributed by atoms with E-state index in [0.717, 1.165) is 61.2 Å². The first-order valence-corrected chi connectivity index (χ1v) is 11.2. The summed E-state index contributed by atoms with van der Waals surface area (Å²) < 4.78 is 27.2. The van der Waals surface area contributed by atoms with Crippen LogP contribution in [0.1, 0.15) is 24.3 Å². The summed E-state index contributed by atoms with van der Waals surface area (Å²) in [4.78, 5) is 13.5. The summed E-state index contributed by atoms with van der Waals surface area (Å²) >= 11 is 0. The smallest absolute Gasteiger partial charge is 0.298 e. The number of piperidine rings is 1. The van der Waals surface area contributed by atoms with E-state index >= 15 is 0 Å². The quantitative estimate of drug-likeness (QED) is 0.483. The maximum Gasteiger partial charge on any atom is 0.298 e. The highest BCUT2D eigenvalue weighted by molar-refractivity contribution is 5.81. The molecule has 0 saturated carbocycles. The van der Waals surface area contributed by atoms with Crippen LogP contribution in [0.5, 0.6) is 0 Å². The van der Waals surface area contributed by atoms with Crippen LogP contribution >= 0.6 is 0 Å². The summed E-state index contributed by atoms with van der Waals surface area (Å²) in [6, 6.07) is 8.56. The van der Waals surface area contributed by atoms with Crippen LogP contribution in [0.15, 0.2) is 41.1 Å². The van der Waals surface area contributed by atoms with Crippen LogP contribution in [-0.2, 0) is 11.8 Å². The predicted octanol–water partition coefficient (Wildman–Crippen LogP) is 4.07. The Morgan fingerprint density at radius 1 is 1.03 bits per heavy atom. The highest BCUT2D eigenvalue weighted by Crippen LogP contribution is 2.36. The fraction of sp³-hybridized carbons (Fsp3) is 0.417. The number of halogens is 1. The van der Waals surface area contributed by atoms with Crippen LogP contribution in [-0.4, -0.2) is 53.9 Å². The summed E-state index contributed by atoms with van der Waals surface area (Å²) in [6.07, 6.45) is 5.45. The second kappa shape index (κ2) is 7.78. The first kappa shape index (κ1) is 19.5. The van der Waals surface area contributed by atoms with Crippen molar-refractivity contribution >= 4 is 33.8 Å². The molecule has 2 aliphatic rings. The van der Waals surface area contributed by atoms with Crippen LogP contribution in [0.2, 0.25) is 0 Å². The molecule has 0 N–H and O–H groups in total. The van der Waals surface area contributed by atoms with Gasteiger partial charge in [0.25, 0.3) is 6.01 Å². The van der Waals surface area contributed by atoms with Gasteiger partial charge < -0.3 is 23.5 Å². The summed E-state index contributed by atoms with van der Waals surface area (Å²) in [5, 5.41) is 0.936. The van der Waals surface area contributed by atoms with Gasteiger partial charge in [-0.3, -0.25) is 0 Å². The number of oxazole rings is 1. The largest absolute Gasteiger partial charge is 0.423 e. The molecule has 0 bridgehead atoms. The lowest BCUT2D eigenvalue weighted by Crippen LogP contribution is -2.36. The van der Waals surface area contributed by atoms with Gasteiger partial charge in [0.1, 0.15) is 17.0 Å². The van der Waals surface area contributed by atoms with Crippen molar-refractivity contribution < 1.29 is 13.5 Å². The zero-order valence-electron chi connectivity index (χ0n) is 18.1. The van der Waals surface area contributed by atoms with E-state index in [2.05, 4.69) is 33.1 Å². The average molecular weight is 436 g/mol. The topological polar surface area (TPSA) is 59.6 Å². The predicted molar refractivity (Wildman–Crippen MR) is 122 cm³/mol. The van der Waals surface area contributed by atoms with Gasteiger partial charge in [-0.05, 0) is 48.6 Å². The van der Waals surface area contributed by atoms with Crippen molar-refractivity contribution in [1.82, 2.24) is 14.5 Å². The number of anilines is 2. The molecule has 2 saturated heterocycles. The summed E-state index contributed by atoms with van der Waals surface area (Å²) in [6.45, 7) is 4.92. The maximum atomic E-state index is 13.8. The van der Waals surface area contributed by atoms with E-state index in [9.17, 15) is 4.39 Å². The third-order valence-corrected chi connectivity index (χ3v) is 6.75. The van der Waals surface area contributed by atoms with Crippen molar-refractivity contribution in [3.63, 3.8) is 0 Å². The van der Waals surface area contributed by atoms with Crippen LogP contribution < -0.4 is 9.80 Å². The molecule has 0 amide bonds. The molecule has 4 aromatic rings. The molecular weight excluding hydrogens is 409 g/mol. The Morgan fingerprint density at radius 3 is 2.66 bits per heavy atom. The maximum absolute atomic E-state index is 13.8. The van der Waals surface area contributed by atoms with E-state index in [4.69, 9.17) is 14.1 Å². The Morgan fingerprint density at radius 2 is 1.84 bits per heavy atom. The van der Waals surface area contributed by atoms with Gasteiger partial charge in [0.15, 0.2) is 5.58 Å². The molecule has 166 valence electrons. The number of aromatic nitrogens is 3. The number of rotatable bonds is 3. The highest BCUT2D eigenvalue weighted by Gasteiger charge is 2.25. The van der Waals surface area contributed by atoms with Gasteiger partial charge in [0.2, 0.25) is 0 Å². The van der Waals surface area contributed by atoms with E-state index in [1.807, 2.05) is 17.7 Å². The molecule has 8 heteroatoms. The second-order valence-corrected chi connectivity index (χ2v) is 8.73. The summed E-state index contributed by atoms with van der Waals surface area (Å²) in [7, 11) is 1.98. The van der Waals surface area contributed by atoms with E-state index in [1.54, 1.807) is 6.07 Å². The van der Waals surface area contributed by atoms with Crippen LogP contribution in [0.4, 0.5) is 16.1 Å². The lowest BCUT2D eigenvalue weighted by Gasteiger charge is -2.33. The Hall–Kier alpha value is -3.13. The van der Waals surface area contributed by atoms with E-state index < -0.39 is 0 Å². The molecule has 3 aromatic heterocycles. The fourth-order valence-corrected chi connectivity index (χ4v) is 5.03. The zero-order chi connectivity index (χ0) is 21.7. The molecule has 0 atom stereocenters. The molecular formula is C24H26FN5O2. The number of hydrogen-bond acceptors (Lipinski definition) is 6. The Balaban J connectivity index is 1.20. The number of fused-ring (bicyclic) bond motifs is 2. The minimum atomic E-state index is -0.278. The van der Waals surface area contributed by atoms with Gasteiger partial charge in [-0.15, -0.1) is 0 Å². The van der Waals surface area contributed by atoms with Gasteiger partial charge in [0, 0.05) is 50.5 Å². The van der Waals surface area contributed by atoms with Gasteiger partial charge in [-0.2, -0.15) is 4.98 Å². The molecule has 0 unspecified atom stereocenters. The number of ether oxygens (including phenoxy) is 1. The third kappa shape index (κ3) is 3.39. The molecule has 1 aromatic carbocycles. The van der Waals surface area contributed by atoms with Crippen molar-refractivity contribution in [2.45, 2.75) is 18.8 Å². The van der Waals surface area contributed by atoms with E-state index in [1.165, 1.54) is 17.4 Å². The molecule has 6 rings (SSSR count). The third-order valence-electron chi connectivity index (χ3n) is 6.75. The number of aryl methyl sites for hydroxylation is 1. The number of nitrogens with zero attached hydrogens (tertiary/aromatic N) is 5. The molecule has 2 fully saturated rings. The first-order valence-electron chi connectivity index (χ1n) is 11.2. The lowest BCUT2D eigenvalue weighted by molar-refractivity contribution is 0.120. The molecule has 0 aliphatic carbocycles. The Kier molecular flexibility index (Phi) is 4.75. The Labute approximate surface area is 185 Å². The van der Waals surface area contributed by atoms with E-state index in [-0.39, 0.29) is 5.82 Å². The van der Waals surface area contributed by atoms with Crippen LogP contribution in [0, 0.1) is 5.82 Å². The van der Waals surface area contributed by atoms with Crippen molar-refractivity contribution in [2.24, 2.45) is 7.05 Å². The molecule has 2 aliphatic heterocycles. The minimum absolute atomic E-state index is 0.278. The van der Waals surface area contributed by atoms with E-state index in [0.29, 0.717) is 25.1 Å². The van der Waals surface area contributed by atoms with Crippen LogP contribution in [0.25, 0.3) is 22.1 Å². The average Bonchev–Trinajstić information content (AvgIpc) is 3.40. The van der Waals surface area contributed by atoms with Gasteiger partial charge >= 0.3 is 0 Å².